The first kappa shape index (κ1) is 16.8. The SMILES string of the molecule is COc1cc(N(Cc2ccccc2)Cc2ccccc2)ccc1C=O. The largest absolute Gasteiger partial charge is 0.496 e. The van der Waals surface area contributed by atoms with Crippen LogP contribution in [0.2, 0.25) is 0 Å². The number of hydrogen-bond acceptors (Lipinski definition) is 3. The zero-order valence-corrected chi connectivity index (χ0v) is 14.3. The van der Waals surface area contributed by atoms with E-state index in [1.165, 1.54) is 11.1 Å². The third-order valence-electron chi connectivity index (χ3n) is 4.14. The lowest BCUT2D eigenvalue weighted by molar-refractivity contribution is 0.112. The average molecular weight is 331 g/mol. The average Bonchev–Trinajstić information content (AvgIpc) is 2.68. The number of carbonyl (C=O) groups excluding carboxylic acids is 1. The van der Waals surface area contributed by atoms with Gasteiger partial charge >= 0.3 is 0 Å². The molecule has 0 atom stereocenters. The molecule has 0 aliphatic rings. The second-order valence-corrected chi connectivity index (χ2v) is 5.87. The molecule has 0 N–H and O–H groups in total. The van der Waals surface area contributed by atoms with Crippen LogP contribution in [-0.2, 0) is 13.1 Å². The van der Waals surface area contributed by atoms with Crippen molar-refractivity contribution >= 4 is 12.0 Å². The summed E-state index contributed by atoms with van der Waals surface area (Å²) in [7, 11) is 1.59. The number of hydrogen-bond donors (Lipinski definition) is 0. The van der Waals surface area contributed by atoms with Gasteiger partial charge in [-0.05, 0) is 23.3 Å². The van der Waals surface area contributed by atoms with Crippen molar-refractivity contribution in [3.63, 3.8) is 0 Å². The van der Waals surface area contributed by atoms with Crippen molar-refractivity contribution in [2.45, 2.75) is 13.1 Å². The molecule has 0 aliphatic heterocycles. The molecule has 25 heavy (non-hydrogen) atoms. The van der Waals surface area contributed by atoms with Gasteiger partial charge in [0.15, 0.2) is 6.29 Å². The first-order chi connectivity index (χ1) is 12.3. The fourth-order valence-corrected chi connectivity index (χ4v) is 2.84. The third-order valence-corrected chi connectivity index (χ3v) is 4.14. The lowest BCUT2D eigenvalue weighted by Crippen LogP contribution is -2.22. The standard InChI is InChI=1S/C22H21NO2/c1-25-22-14-21(13-12-20(22)17-24)23(15-18-8-4-2-5-9-18)16-19-10-6-3-7-11-19/h2-14,17H,15-16H2,1H3. The van der Waals surface area contributed by atoms with Crippen LogP contribution in [0.5, 0.6) is 5.75 Å². The Labute approximate surface area is 148 Å². The molecule has 0 amide bonds. The zero-order valence-electron chi connectivity index (χ0n) is 14.3. The molecular weight excluding hydrogens is 310 g/mol. The summed E-state index contributed by atoms with van der Waals surface area (Å²) in [5.74, 6) is 0.596. The Hall–Kier alpha value is -3.07. The van der Waals surface area contributed by atoms with Crippen LogP contribution in [0.4, 0.5) is 5.69 Å². The third kappa shape index (κ3) is 4.27. The Kier molecular flexibility index (Phi) is 5.47. The Morgan fingerprint density at radius 1 is 0.840 bits per heavy atom. The molecule has 0 unspecified atom stereocenters. The van der Waals surface area contributed by atoms with Crippen LogP contribution in [0.15, 0.2) is 78.9 Å². The molecule has 0 bridgehead atoms. The molecule has 0 radical (unpaired) electrons. The van der Waals surface area contributed by atoms with Gasteiger partial charge in [-0.1, -0.05) is 60.7 Å². The maximum absolute atomic E-state index is 11.2. The first-order valence-corrected chi connectivity index (χ1v) is 8.26. The molecule has 0 fully saturated rings. The molecule has 3 aromatic rings. The lowest BCUT2D eigenvalue weighted by Gasteiger charge is -2.26. The number of anilines is 1. The molecule has 3 nitrogen and oxygen atoms in total. The molecule has 3 heteroatoms. The van der Waals surface area contributed by atoms with Gasteiger partial charge < -0.3 is 9.64 Å². The number of rotatable bonds is 7. The number of nitrogens with zero attached hydrogens (tertiary/aromatic N) is 1. The molecule has 3 aromatic carbocycles. The van der Waals surface area contributed by atoms with Gasteiger partial charge in [-0.15, -0.1) is 0 Å². The van der Waals surface area contributed by atoms with Gasteiger partial charge in [-0.3, -0.25) is 4.79 Å². The van der Waals surface area contributed by atoms with Crippen molar-refractivity contribution < 1.29 is 9.53 Å². The summed E-state index contributed by atoms with van der Waals surface area (Å²) in [6.45, 7) is 1.55. The van der Waals surface area contributed by atoms with Crippen LogP contribution in [0.3, 0.4) is 0 Å². The molecule has 3 rings (SSSR count). The summed E-state index contributed by atoms with van der Waals surface area (Å²) >= 11 is 0. The Bertz CT molecular complexity index is 774. The quantitative estimate of drug-likeness (QED) is 0.587. The molecule has 126 valence electrons. The second kappa shape index (κ2) is 8.15. The number of carbonyl (C=O) groups is 1. The first-order valence-electron chi connectivity index (χ1n) is 8.26. The highest BCUT2D eigenvalue weighted by molar-refractivity contribution is 5.80. The normalized spacial score (nSPS) is 10.3. The number of benzene rings is 3. The zero-order chi connectivity index (χ0) is 17.5. The summed E-state index contributed by atoms with van der Waals surface area (Å²) in [6.07, 6.45) is 0.821. The van der Waals surface area contributed by atoms with Crippen molar-refractivity contribution in [1.82, 2.24) is 0 Å². The van der Waals surface area contributed by atoms with Crippen molar-refractivity contribution in [3.05, 3.63) is 95.6 Å². The maximum atomic E-state index is 11.2. The van der Waals surface area contributed by atoms with Gasteiger partial charge in [0.1, 0.15) is 5.75 Å². The van der Waals surface area contributed by atoms with Crippen molar-refractivity contribution in [2.24, 2.45) is 0 Å². The van der Waals surface area contributed by atoms with Crippen LogP contribution in [0.25, 0.3) is 0 Å². The summed E-state index contributed by atoms with van der Waals surface area (Å²) in [4.78, 5) is 13.4. The van der Waals surface area contributed by atoms with Crippen LogP contribution in [0.1, 0.15) is 21.5 Å². The Balaban J connectivity index is 1.93. The lowest BCUT2D eigenvalue weighted by atomic mass is 10.1. The summed E-state index contributed by atoms with van der Waals surface area (Å²) < 4.78 is 5.37. The fraction of sp³-hybridized carbons (Fsp3) is 0.136. The van der Waals surface area contributed by atoms with E-state index < -0.39 is 0 Å². The van der Waals surface area contributed by atoms with Gasteiger partial charge in [0.25, 0.3) is 0 Å². The van der Waals surface area contributed by atoms with E-state index in [-0.39, 0.29) is 0 Å². The van der Waals surface area contributed by atoms with Crippen molar-refractivity contribution in [3.8, 4) is 5.75 Å². The highest BCUT2D eigenvalue weighted by atomic mass is 16.5. The monoisotopic (exact) mass is 331 g/mol. The van der Waals surface area contributed by atoms with E-state index in [2.05, 4.69) is 29.2 Å². The fourth-order valence-electron chi connectivity index (χ4n) is 2.84. The second-order valence-electron chi connectivity index (χ2n) is 5.87. The van der Waals surface area contributed by atoms with E-state index in [4.69, 9.17) is 4.74 Å². The van der Waals surface area contributed by atoms with E-state index in [1.54, 1.807) is 7.11 Å². The Morgan fingerprint density at radius 3 is 1.88 bits per heavy atom. The van der Waals surface area contributed by atoms with Gasteiger partial charge in [0.05, 0.1) is 12.7 Å². The maximum Gasteiger partial charge on any atom is 0.153 e. The van der Waals surface area contributed by atoms with E-state index in [1.807, 2.05) is 54.6 Å². The van der Waals surface area contributed by atoms with Gasteiger partial charge in [-0.2, -0.15) is 0 Å². The van der Waals surface area contributed by atoms with Gasteiger partial charge in [-0.25, -0.2) is 0 Å². The van der Waals surface area contributed by atoms with Crippen LogP contribution < -0.4 is 9.64 Å². The number of methoxy groups -OCH3 is 1. The molecule has 0 aromatic heterocycles. The van der Waals surface area contributed by atoms with E-state index in [0.29, 0.717) is 11.3 Å². The highest BCUT2D eigenvalue weighted by Crippen LogP contribution is 2.27. The van der Waals surface area contributed by atoms with Gasteiger partial charge in [0.2, 0.25) is 0 Å². The highest BCUT2D eigenvalue weighted by Gasteiger charge is 2.12. The topological polar surface area (TPSA) is 29.5 Å². The molecule has 0 saturated heterocycles. The smallest absolute Gasteiger partial charge is 0.153 e. The molecular formula is C22H21NO2. The number of ether oxygens (including phenoxy) is 1. The summed E-state index contributed by atoms with van der Waals surface area (Å²) in [5, 5.41) is 0. The predicted octanol–water partition coefficient (Wildman–Crippen LogP) is 4.71. The van der Waals surface area contributed by atoms with E-state index >= 15 is 0 Å². The summed E-state index contributed by atoms with van der Waals surface area (Å²) in [6, 6.07) is 26.4. The number of aldehydes is 1. The minimum atomic E-state index is 0.561. The van der Waals surface area contributed by atoms with Crippen LogP contribution in [0, 0.1) is 0 Å². The molecule has 0 aliphatic carbocycles. The van der Waals surface area contributed by atoms with E-state index in [0.717, 1.165) is 25.1 Å². The molecule has 0 spiro atoms. The van der Waals surface area contributed by atoms with Crippen LogP contribution >= 0.6 is 0 Å². The Morgan fingerprint density at radius 2 is 1.40 bits per heavy atom. The minimum absolute atomic E-state index is 0.561. The van der Waals surface area contributed by atoms with Crippen molar-refractivity contribution in [1.29, 1.82) is 0 Å². The molecule has 0 heterocycles. The summed E-state index contributed by atoms with van der Waals surface area (Å²) in [5.41, 5.74) is 4.05. The molecule has 0 saturated carbocycles. The van der Waals surface area contributed by atoms with Crippen LogP contribution in [-0.4, -0.2) is 13.4 Å². The van der Waals surface area contributed by atoms with Gasteiger partial charge in [0, 0.05) is 24.8 Å². The predicted molar refractivity (Wildman–Crippen MR) is 101 cm³/mol. The van der Waals surface area contributed by atoms with Crippen molar-refractivity contribution in [2.75, 3.05) is 12.0 Å². The minimum Gasteiger partial charge on any atom is -0.496 e. The van der Waals surface area contributed by atoms with E-state index in [9.17, 15) is 4.79 Å².